The van der Waals surface area contributed by atoms with Crippen molar-refractivity contribution in [1.82, 2.24) is 19.7 Å². The van der Waals surface area contributed by atoms with Crippen LogP contribution in [0.2, 0.25) is 0 Å². The SMILES string of the molecule is CC(Cc1nncn1C)c1cccc(NC(=O)N2CCCc3cccnc32)c1. The number of nitrogens with zero attached hydrogens (tertiary/aromatic N) is 5. The molecule has 0 saturated heterocycles. The molecular weight excluding hydrogens is 352 g/mol. The predicted octanol–water partition coefficient (Wildman–Crippen LogP) is 3.54. The molecule has 0 radical (unpaired) electrons. The first-order valence-electron chi connectivity index (χ1n) is 9.57. The van der Waals surface area contributed by atoms with E-state index >= 15 is 0 Å². The quantitative estimate of drug-likeness (QED) is 0.756. The van der Waals surface area contributed by atoms with E-state index in [0.29, 0.717) is 6.54 Å². The van der Waals surface area contributed by atoms with E-state index in [1.807, 2.05) is 41.9 Å². The van der Waals surface area contributed by atoms with Gasteiger partial charge >= 0.3 is 6.03 Å². The molecule has 1 aliphatic rings. The van der Waals surface area contributed by atoms with E-state index in [9.17, 15) is 4.79 Å². The highest BCUT2D eigenvalue weighted by Gasteiger charge is 2.23. The fourth-order valence-electron chi connectivity index (χ4n) is 3.60. The first-order valence-corrected chi connectivity index (χ1v) is 9.57. The number of aromatic nitrogens is 4. The minimum atomic E-state index is -0.141. The topological polar surface area (TPSA) is 75.9 Å². The number of carbonyl (C=O) groups is 1. The third kappa shape index (κ3) is 3.74. The molecule has 28 heavy (non-hydrogen) atoms. The fraction of sp³-hybridized carbons (Fsp3) is 0.333. The summed E-state index contributed by atoms with van der Waals surface area (Å²) in [5, 5.41) is 11.1. The Morgan fingerprint density at radius 2 is 2.18 bits per heavy atom. The second kappa shape index (κ2) is 7.80. The number of amides is 2. The molecule has 0 fully saturated rings. The summed E-state index contributed by atoms with van der Waals surface area (Å²) in [4.78, 5) is 19.0. The molecule has 1 unspecified atom stereocenters. The molecule has 0 bridgehead atoms. The standard InChI is InChI=1S/C21H24N6O/c1-15(12-19-25-23-14-26(19)2)17-6-3-9-18(13-17)24-21(28)27-11-5-8-16-7-4-10-22-20(16)27/h3-4,6-7,9-10,13-15H,5,8,11-12H2,1-2H3,(H,24,28). The van der Waals surface area contributed by atoms with Crippen LogP contribution in [-0.2, 0) is 19.9 Å². The molecule has 1 aromatic carbocycles. The van der Waals surface area contributed by atoms with Crippen molar-refractivity contribution in [3.63, 3.8) is 0 Å². The van der Waals surface area contributed by atoms with Crippen LogP contribution in [0.15, 0.2) is 48.9 Å². The second-order valence-corrected chi connectivity index (χ2v) is 7.26. The number of fused-ring (bicyclic) bond motifs is 1. The largest absolute Gasteiger partial charge is 0.327 e. The highest BCUT2D eigenvalue weighted by atomic mass is 16.2. The molecule has 7 heteroatoms. The summed E-state index contributed by atoms with van der Waals surface area (Å²) in [6, 6.07) is 11.8. The van der Waals surface area contributed by atoms with Gasteiger partial charge in [-0.2, -0.15) is 0 Å². The number of anilines is 2. The zero-order chi connectivity index (χ0) is 19.5. The molecule has 0 aliphatic carbocycles. The number of pyridine rings is 1. The van der Waals surface area contributed by atoms with Gasteiger partial charge in [-0.15, -0.1) is 10.2 Å². The van der Waals surface area contributed by atoms with Crippen molar-refractivity contribution in [2.75, 3.05) is 16.8 Å². The van der Waals surface area contributed by atoms with Crippen molar-refractivity contribution in [2.45, 2.75) is 32.1 Å². The van der Waals surface area contributed by atoms with Crippen molar-refractivity contribution in [3.8, 4) is 0 Å². The molecule has 1 aliphatic heterocycles. The van der Waals surface area contributed by atoms with E-state index in [0.717, 1.165) is 47.7 Å². The lowest BCUT2D eigenvalue weighted by Gasteiger charge is -2.28. The molecule has 3 heterocycles. The minimum Gasteiger partial charge on any atom is -0.321 e. The van der Waals surface area contributed by atoms with Gasteiger partial charge in [-0.25, -0.2) is 9.78 Å². The van der Waals surface area contributed by atoms with Crippen LogP contribution in [0.4, 0.5) is 16.3 Å². The van der Waals surface area contributed by atoms with Gasteiger partial charge in [-0.05, 0) is 48.1 Å². The Morgan fingerprint density at radius 1 is 1.29 bits per heavy atom. The smallest absolute Gasteiger partial charge is 0.321 e. The third-order valence-corrected chi connectivity index (χ3v) is 5.20. The average molecular weight is 376 g/mol. The van der Waals surface area contributed by atoms with Gasteiger partial charge in [-0.3, -0.25) is 4.90 Å². The van der Waals surface area contributed by atoms with Crippen LogP contribution in [0.3, 0.4) is 0 Å². The van der Waals surface area contributed by atoms with Crippen LogP contribution in [0.1, 0.15) is 36.2 Å². The molecule has 144 valence electrons. The number of hydrogen-bond donors (Lipinski definition) is 1. The minimum absolute atomic E-state index is 0.141. The Labute approximate surface area is 164 Å². The number of carbonyl (C=O) groups excluding carboxylic acids is 1. The summed E-state index contributed by atoms with van der Waals surface area (Å²) in [6.45, 7) is 2.83. The molecule has 2 amide bonds. The van der Waals surface area contributed by atoms with Gasteiger partial charge in [0.25, 0.3) is 0 Å². The van der Waals surface area contributed by atoms with E-state index in [-0.39, 0.29) is 11.9 Å². The van der Waals surface area contributed by atoms with Gasteiger partial charge in [0, 0.05) is 31.9 Å². The first kappa shape index (κ1) is 18.2. The van der Waals surface area contributed by atoms with Crippen LogP contribution in [0.5, 0.6) is 0 Å². The van der Waals surface area contributed by atoms with Crippen molar-refractivity contribution in [2.24, 2.45) is 7.05 Å². The van der Waals surface area contributed by atoms with E-state index in [4.69, 9.17) is 0 Å². The Balaban J connectivity index is 1.48. The number of hydrogen-bond acceptors (Lipinski definition) is 4. The summed E-state index contributed by atoms with van der Waals surface area (Å²) in [6.07, 6.45) is 6.14. The van der Waals surface area contributed by atoms with Crippen molar-refractivity contribution < 1.29 is 4.79 Å². The molecular formula is C21H24N6O. The van der Waals surface area contributed by atoms with Crippen LogP contribution < -0.4 is 10.2 Å². The van der Waals surface area contributed by atoms with Gasteiger partial charge in [0.15, 0.2) is 0 Å². The Morgan fingerprint density at radius 3 is 3.00 bits per heavy atom. The monoisotopic (exact) mass is 376 g/mol. The average Bonchev–Trinajstić information content (AvgIpc) is 3.12. The molecule has 7 nitrogen and oxygen atoms in total. The molecule has 2 aromatic heterocycles. The van der Waals surface area contributed by atoms with Gasteiger partial charge in [0.2, 0.25) is 0 Å². The summed E-state index contributed by atoms with van der Waals surface area (Å²) in [5.41, 5.74) is 3.06. The lowest BCUT2D eigenvalue weighted by molar-refractivity contribution is 0.256. The molecule has 4 rings (SSSR count). The van der Waals surface area contributed by atoms with Crippen LogP contribution in [-0.4, -0.2) is 32.3 Å². The molecule has 1 atom stereocenters. The lowest BCUT2D eigenvalue weighted by Crippen LogP contribution is -2.39. The van der Waals surface area contributed by atoms with E-state index in [1.54, 1.807) is 17.4 Å². The van der Waals surface area contributed by atoms with Gasteiger partial charge < -0.3 is 9.88 Å². The molecule has 1 N–H and O–H groups in total. The number of nitrogens with one attached hydrogen (secondary N) is 1. The fourth-order valence-corrected chi connectivity index (χ4v) is 3.60. The molecule has 0 saturated carbocycles. The number of benzene rings is 1. The van der Waals surface area contributed by atoms with Crippen molar-refractivity contribution in [1.29, 1.82) is 0 Å². The highest BCUT2D eigenvalue weighted by Crippen LogP contribution is 2.26. The predicted molar refractivity (Wildman–Crippen MR) is 108 cm³/mol. The summed E-state index contributed by atoms with van der Waals surface area (Å²) in [5.74, 6) is 1.97. The van der Waals surface area contributed by atoms with Crippen molar-refractivity contribution in [3.05, 3.63) is 65.9 Å². The number of urea groups is 1. The van der Waals surface area contributed by atoms with Gasteiger partial charge in [0.05, 0.1) is 0 Å². The van der Waals surface area contributed by atoms with E-state index < -0.39 is 0 Å². The molecule has 3 aromatic rings. The van der Waals surface area contributed by atoms with Crippen molar-refractivity contribution >= 4 is 17.5 Å². The lowest BCUT2D eigenvalue weighted by atomic mass is 9.97. The summed E-state index contributed by atoms with van der Waals surface area (Å²) in [7, 11) is 1.95. The van der Waals surface area contributed by atoms with Gasteiger partial charge in [-0.1, -0.05) is 25.1 Å². The van der Waals surface area contributed by atoms with Gasteiger partial charge in [0.1, 0.15) is 18.0 Å². The number of aryl methyl sites for hydroxylation is 2. The van der Waals surface area contributed by atoms with E-state index in [1.165, 1.54) is 0 Å². The highest BCUT2D eigenvalue weighted by molar-refractivity contribution is 6.01. The first-order chi connectivity index (χ1) is 13.6. The maximum absolute atomic E-state index is 12.9. The van der Waals surface area contributed by atoms with Crippen LogP contribution in [0.25, 0.3) is 0 Å². The van der Waals surface area contributed by atoms with E-state index in [2.05, 4.69) is 33.5 Å². The zero-order valence-corrected chi connectivity index (χ0v) is 16.2. The summed E-state index contributed by atoms with van der Waals surface area (Å²) >= 11 is 0. The maximum atomic E-state index is 12.9. The maximum Gasteiger partial charge on any atom is 0.327 e. The summed E-state index contributed by atoms with van der Waals surface area (Å²) < 4.78 is 1.93. The normalized spacial score (nSPS) is 14.4. The third-order valence-electron chi connectivity index (χ3n) is 5.20. The van der Waals surface area contributed by atoms with Crippen LogP contribution in [0, 0.1) is 0 Å². The number of rotatable bonds is 4. The molecule has 0 spiro atoms. The zero-order valence-electron chi connectivity index (χ0n) is 16.2. The second-order valence-electron chi connectivity index (χ2n) is 7.26. The Kier molecular flexibility index (Phi) is 5.06. The Bertz CT molecular complexity index is 982. The van der Waals surface area contributed by atoms with Crippen LogP contribution >= 0.6 is 0 Å². The Hall–Kier alpha value is -3.22.